The first-order valence-corrected chi connectivity index (χ1v) is 4.06. The van der Waals surface area contributed by atoms with Gasteiger partial charge in [-0.25, -0.2) is 0 Å². The van der Waals surface area contributed by atoms with Crippen LogP contribution in [0.2, 0.25) is 0 Å². The Hall–Kier alpha value is -0.820. The van der Waals surface area contributed by atoms with Crippen LogP contribution in [0.15, 0.2) is 36.2 Å². The third-order valence-electron chi connectivity index (χ3n) is 1.28. The molecule has 52 valence electrons. The summed E-state index contributed by atoms with van der Waals surface area (Å²) in [5.41, 5.74) is 1.28. The van der Waals surface area contributed by atoms with E-state index in [2.05, 4.69) is 31.0 Å². The van der Waals surface area contributed by atoms with Gasteiger partial charge in [-0.1, -0.05) is 24.8 Å². The van der Waals surface area contributed by atoms with Crippen molar-refractivity contribution in [2.24, 2.45) is 0 Å². The van der Waals surface area contributed by atoms with Crippen molar-refractivity contribution in [1.82, 2.24) is 0 Å². The fourth-order valence-electron chi connectivity index (χ4n) is 0.762. The normalized spacial score (nSPS) is 11.5. The van der Waals surface area contributed by atoms with Gasteiger partial charge >= 0.3 is 0 Å². The quantitative estimate of drug-likeness (QED) is 0.567. The summed E-state index contributed by atoms with van der Waals surface area (Å²) >= 11 is 1.75. The van der Waals surface area contributed by atoms with Gasteiger partial charge in [0.25, 0.3) is 0 Å². The molecular weight excluding hydrogens is 140 g/mol. The Kier molecular flexibility index (Phi) is 2.46. The van der Waals surface area contributed by atoms with Gasteiger partial charge in [-0.3, -0.25) is 0 Å². The van der Waals surface area contributed by atoms with E-state index in [1.165, 1.54) is 10.5 Å². The minimum absolute atomic E-state index is 1.28. The van der Waals surface area contributed by atoms with E-state index in [1.54, 1.807) is 11.3 Å². The van der Waals surface area contributed by atoms with Gasteiger partial charge in [0.15, 0.2) is 0 Å². The van der Waals surface area contributed by atoms with E-state index in [4.69, 9.17) is 0 Å². The van der Waals surface area contributed by atoms with Gasteiger partial charge in [-0.2, -0.15) is 0 Å². The van der Waals surface area contributed by atoms with Crippen molar-refractivity contribution in [1.29, 1.82) is 0 Å². The first-order valence-electron chi connectivity index (χ1n) is 3.18. The summed E-state index contributed by atoms with van der Waals surface area (Å²) in [7, 11) is 0. The lowest BCUT2D eigenvalue weighted by atomic mass is 10.2. The largest absolute Gasteiger partial charge is 0.144 e. The molecular formula is C9H10S. The van der Waals surface area contributed by atoms with Crippen LogP contribution in [0.5, 0.6) is 0 Å². The molecule has 0 radical (unpaired) electrons. The minimum atomic E-state index is 1.28. The Morgan fingerprint density at radius 3 is 3.00 bits per heavy atom. The molecule has 0 nitrogen and oxygen atoms in total. The molecule has 0 bridgehead atoms. The van der Waals surface area contributed by atoms with Crippen LogP contribution in [0.4, 0.5) is 0 Å². The van der Waals surface area contributed by atoms with Gasteiger partial charge in [0, 0.05) is 4.88 Å². The predicted molar refractivity (Wildman–Crippen MR) is 48.2 cm³/mol. The minimum Gasteiger partial charge on any atom is -0.144 e. The standard InChI is InChI=1S/C9H10S/c1-3-5-8(2)9-6-4-7-10-9/h3-7H,1H2,2H3. The van der Waals surface area contributed by atoms with Gasteiger partial charge in [-0.05, 0) is 23.9 Å². The van der Waals surface area contributed by atoms with Crippen molar-refractivity contribution in [2.75, 3.05) is 0 Å². The summed E-state index contributed by atoms with van der Waals surface area (Å²) in [6.45, 7) is 5.73. The second-order valence-electron chi connectivity index (χ2n) is 2.06. The Labute approximate surface area is 65.5 Å². The Bertz CT molecular complexity index is 229. The SMILES string of the molecule is C=CC=C(C)c1cccs1. The molecule has 0 atom stereocenters. The average Bonchev–Trinajstić information content (AvgIpc) is 2.38. The third kappa shape index (κ3) is 1.58. The molecule has 0 fully saturated rings. The van der Waals surface area contributed by atoms with Gasteiger partial charge in [0.05, 0.1) is 0 Å². The van der Waals surface area contributed by atoms with Crippen molar-refractivity contribution < 1.29 is 0 Å². The molecule has 0 spiro atoms. The Morgan fingerprint density at radius 1 is 1.70 bits per heavy atom. The van der Waals surface area contributed by atoms with Crippen LogP contribution in [-0.2, 0) is 0 Å². The molecule has 1 aromatic rings. The third-order valence-corrected chi connectivity index (χ3v) is 2.28. The molecule has 1 heteroatoms. The zero-order valence-corrected chi connectivity index (χ0v) is 6.82. The van der Waals surface area contributed by atoms with E-state index < -0.39 is 0 Å². The lowest BCUT2D eigenvalue weighted by Crippen LogP contribution is -1.67. The fraction of sp³-hybridized carbons (Fsp3) is 0.111. The molecule has 0 saturated carbocycles. The highest BCUT2D eigenvalue weighted by Crippen LogP contribution is 2.18. The van der Waals surface area contributed by atoms with Crippen LogP contribution in [0.25, 0.3) is 5.57 Å². The number of hydrogen-bond donors (Lipinski definition) is 0. The zero-order chi connectivity index (χ0) is 7.40. The lowest BCUT2D eigenvalue weighted by Gasteiger charge is -1.91. The van der Waals surface area contributed by atoms with E-state index in [9.17, 15) is 0 Å². The first kappa shape index (κ1) is 7.29. The van der Waals surface area contributed by atoms with Crippen molar-refractivity contribution in [2.45, 2.75) is 6.92 Å². The molecule has 0 amide bonds. The summed E-state index contributed by atoms with van der Waals surface area (Å²) in [6.07, 6.45) is 3.83. The zero-order valence-electron chi connectivity index (χ0n) is 6.00. The summed E-state index contributed by atoms with van der Waals surface area (Å²) in [5.74, 6) is 0. The highest BCUT2D eigenvalue weighted by atomic mass is 32.1. The maximum atomic E-state index is 3.64. The van der Waals surface area contributed by atoms with E-state index in [-0.39, 0.29) is 0 Å². The van der Waals surface area contributed by atoms with E-state index in [0.717, 1.165) is 0 Å². The van der Waals surface area contributed by atoms with Crippen molar-refractivity contribution >= 4 is 16.9 Å². The molecule has 1 heterocycles. The summed E-state index contributed by atoms with van der Waals surface area (Å²) in [5, 5.41) is 2.08. The van der Waals surface area contributed by atoms with Crippen LogP contribution >= 0.6 is 11.3 Å². The monoisotopic (exact) mass is 150 g/mol. The Morgan fingerprint density at radius 2 is 2.50 bits per heavy atom. The second-order valence-corrected chi connectivity index (χ2v) is 3.01. The van der Waals surface area contributed by atoms with Gasteiger partial charge < -0.3 is 0 Å². The molecule has 0 aromatic carbocycles. The summed E-state index contributed by atoms with van der Waals surface area (Å²) < 4.78 is 0. The number of rotatable bonds is 2. The van der Waals surface area contributed by atoms with E-state index >= 15 is 0 Å². The maximum Gasteiger partial charge on any atom is 0.0299 e. The van der Waals surface area contributed by atoms with Crippen LogP contribution < -0.4 is 0 Å². The first-order chi connectivity index (χ1) is 4.84. The number of thiophene rings is 1. The van der Waals surface area contributed by atoms with Gasteiger partial charge in [-0.15, -0.1) is 11.3 Å². The van der Waals surface area contributed by atoms with Crippen molar-refractivity contribution in [3.63, 3.8) is 0 Å². The number of hydrogen-bond acceptors (Lipinski definition) is 1. The number of allylic oxidation sites excluding steroid dienone is 3. The van der Waals surface area contributed by atoms with Crippen LogP contribution in [0.3, 0.4) is 0 Å². The smallest absolute Gasteiger partial charge is 0.0299 e. The highest BCUT2D eigenvalue weighted by Gasteiger charge is 1.91. The van der Waals surface area contributed by atoms with E-state index in [1.807, 2.05) is 12.2 Å². The average molecular weight is 150 g/mol. The fourth-order valence-corrected chi connectivity index (χ4v) is 1.48. The van der Waals surface area contributed by atoms with Crippen molar-refractivity contribution in [3.05, 3.63) is 41.1 Å². The molecule has 0 saturated heterocycles. The molecule has 0 unspecified atom stereocenters. The lowest BCUT2D eigenvalue weighted by molar-refractivity contribution is 1.71. The molecule has 1 rings (SSSR count). The van der Waals surface area contributed by atoms with Crippen LogP contribution in [0.1, 0.15) is 11.8 Å². The molecule has 0 aliphatic rings. The molecule has 0 N–H and O–H groups in total. The van der Waals surface area contributed by atoms with Crippen molar-refractivity contribution in [3.8, 4) is 0 Å². The van der Waals surface area contributed by atoms with Gasteiger partial charge in [0.2, 0.25) is 0 Å². The predicted octanol–water partition coefficient (Wildman–Crippen LogP) is 3.34. The summed E-state index contributed by atoms with van der Waals surface area (Å²) in [4.78, 5) is 1.32. The molecule has 1 aromatic heterocycles. The second kappa shape index (κ2) is 3.37. The molecule has 0 aliphatic heterocycles. The van der Waals surface area contributed by atoms with E-state index in [0.29, 0.717) is 0 Å². The molecule has 0 aliphatic carbocycles. The topological polar surface area (TPSA) is 0 Å². The molecule has 10 heavy (non-hydrogen) atoms. The summed E-state index contributed by atoms with van der Waals surface area (Å²) in [6, 6.07) is 4.17. The maximum absolute atomic E-state index is 3.64. The van der Waals surface area contributed by atoms with Crippen LogP contribution in [0, 0.1) is 0 Å². The van der Waals surface area contributed by atoms with Gasteiger partial charge in [0.1, 0.15) is 0 Å². The highest BCUT2D eigenvalue weighted by molar-refractivity contribution is 7.11. The Balaban J connectivity index is 2.86. The van der Waals surface area contributed by atoms with Crippen LogP contribution in [-0.4, -0.2) is 0 Å².